The maximum Gasteiger partial charge on any atom is 0.335 e. The highest BCUT2D eigenvalue weighted by molar-refractivity contribution is 6.30. The Morgan fingerprint density at radius 2 is 1.95 bits per heavy atom. The fourth-order valence-electron chi connectivity index (χ4n) is 6.08. The molecule has 4 aromatic rings. The van der Waals surface area contributed by atoms with E-state index in [1.165, 1.54) is 0 Å². The van der Waals surface area contributed by atoms with Gasteiger partial charge in [0.1, 0.15) is 11.5 Å². The van der Waals surface area contributed by atoms with E-state index < -0.39 is 11.8 Å². The molecule has 2 atom stereocenters. The Bertz CT molecular complexity index is 1610. The molecule has 2 saturated heterocycles. The van der Waals surface area contributed by atoms with E-state index in [0.29, 0.717) is 29.7 Å². The number of nitrogens with zero attached hydrogens (tertiary/aromatic N) is 4. The number of carboxylic acids is 1. The Hall–Kier alpha value is -3.66. The fourth-order valence-corrected chi connectivity index (χ4v) is 6.19. The second-order valence-electron chi connectivity index (χ2n) is 11.2. The number of imidazole rings is 1. The minimum atomic E-state index is -1.01. The molecule has 212 valence electrons. The van der Waals surface area contributed by atoms with E-state index >= 15 is 0 Å². The molecule has 10 heteroatoms. The van der Waals surface area contributed by atoms with Gasteiger partial charge in [-0.25, -0.2) is 9.78 Å². The Balaban J connectivity index is 1.07. The number of likely N-dealkylation sites (tertiary alicyclic amines) is 1. The van der Waals surface area contributed by atoms with Gasteiger partial charge in [0.2, 0.25) is 0 Å². The molecule has 3 aliphatic heterocycles. The molecule has 9 nitrogen and oxygen atoms in total. The molecule has 2 fully saturated rings. The first-order valence-corrected chi connectivity index (χ1v) is 14.4. The summed E-state index contributed by atoms with van der Waals surface area (Å²) in [6.07, 6.45) is 4.70. The van der Waals surface area contributed by atoms with Crippen molar-refractivity contribution >= 4 is 28.6 Å². The van der Waals surface area contributed by atoms with Crippen LogP contribution in [0.5, 0.6) is 11.5 Å². The monoisotopic (exact) mass is 574 g/mol. The molecule has 0 spiro atoms. The highest BCUT2D eigenvalue weighted by atomic mass is 35.5. The van der Waals surface area contributed by atoms with E-state index in [0.717, 1.165) is 72.9 Å². The van der Waals surface area contributed by atoms with Crippen LogP contribution >= 0.6 is 11.6 Å². The van der Waals surface area contributed by atoms with Crippen LogP contribution in [0.2, 0.25) is 5.02 Å². The number of aromatic nitrogens is 3. The third-order valence-corrected chi connectivity index (χ3v) is 8.67. The van der Waals surface area contributed by atoms with E-state index in [4.69, 9.17) is 30.8 Å². The molecule has 3 aliphatic rings. The minimum Gasteiger partial charge on any atom is -0.478 e. The van der Waals surface area contributed by atoms with Crippen molar-refractivity contribution in [3.8, 4) is 11.5 Å². The van der Waals surface area contributed by atoms with Gasteiger partial charge in [0.05, 0.1) is 40.8 Å². The highest BCUT2D eigenvalue weighted by Gasteiger charge is 2.42. The zero-order valence-electron chi connectivity index (χ0n) is 22.8. The predicted octanol–water partition coefficient (Wildman–Crippen LogP) is 5.60. The number of hydrogen-bond donors (Lipinski definition) is 1. The third-order valence-electron chi connectivity index (χ3n) is 8.45. The molecular weight excluding hydrogens is 544 g/mol. The Morgan fingerprint density at radius 3 is 2.66 bits per heavy atom. The maximum atomic E-state index is 11.6. The SMILES string of the molecule is C[C@@]1(c2ccc(Cl)cn2)Oc2cccc(C3CCN(Cc4nc5ccc(C(=O)O)cc5n4C[C@@H]4CCO4)CC3)c2O1. The average Bonchev–Trinajstić information content (AvgIpc) is 3.47. The summed E-state index contributed by atoms with van der Waals surface area (Å²) in [5.74, 6) is 0.868. The summed E-state index contributed by atoms with van der Waals surface area (Å²) < 4.78 is 20.6. The van der Waals surface area contributed by atoms with Gasteiger partial charge in [-0.2, -0.15) is 0 Å². The number of fused-ring (bicyclic) bond motifs is 2. The largest absolute Gasteiger partial charge is 0.478 e. The standard InChI is InChI=1S/C31H31ClN4O5/c1-31(27-8-6-21(32)16-33-27)40-26-4-2-3-23(29(26)41-31)19-9-12-35(13-10-19)18-28-34-24-7-5-20(30(37)38)15-25(24)36(28)17-22-11-14-39-22/h2-8,15-16,19,22H,9-14,17-18H2,1H3,(H,37,38)/t22-,31+/m0/s1. The van der Waals surface area contributed by atoms with E-state index in [9.17, 15) is 9.90 Å². The van der Waals surface area contributed by atoms with Gasteiger partial charge in [0.15, 0.2) is 11.5 Å². The molecule has 0 bridgehead atoms. The zero-order chi connectivity index (χ0) is 28.1. The highest BCUT2D eigenvalue weighted by Crippen LogP contribution is 2.49. The van der Waals surface area contributed by atoms with Gasteiger partial charge in [-0.15, -0.1) is 0 Å². The van der Waals surface area contributed by atoms with Crippen LogP contribution < -0.4 is 9.47 Å². The molecule has 5 heterocycles. The van der Waals surface area contributed by atoms with Crippen LogP contribution in [0.25, 0.3) is 11.0 Å². The molecule has 0 amide bonds. The third kappa shape index (κ3) is 4.92. The predicted molar refractivity (Wildman–Crippen MR) is 153 cm³/mol. The van der Waals surface area contributed by atoms with Crippen molar-refractivity contribution in [1.29, 1.82) is 0 Å². The summed E-state index contributed by atoms with van der Waals surface area (Å²) in [5.41, 5.74) is 3.76. The van der Waals surface area contributed by atoms with Crippen LogP contribution in [0.4, 0.5) is 0 Å². The molecule has 2 aromatic heterocycles. The van der Waals surface area contributed by atoms with E-state index in [-0.39, 0.29) is 11.7 Å². The number of aromatic carboxylic acids is 1. The number of halogens is 1. The van der Waals surface area contributed by atoms with Crippen molar-refractivity contribution in [2.75, 3.05) is 19.7 Å². The van der Waals surface area contributed by atoms with E-state index in [2.05, 4.69) is 20.5 Å². The smallest absolute Gasteiger partial charge is 0.335 e. The summed E-state index contributed by atoms with van der Waals surface area (Å²) in [4.78, 5) is 23.4. The first-order chi connectivity index (χ1) is 19.9. The zero-order valence-corrected chi connectivity index (χ0v) is 23.5. The normalized spacial score (nSPS) is 22.6. The lowest BCUT2D eigenvalue weighted by atomic mass is 9.88. The average molecular weight is 575 g/mol. The van der Waals surface area contributed by atoms with Crippen LogP contribution in [-0.4, -0.2) is 56.3 Å². The molecule has 0 radical (unpaired) electrons. The lowest BCUT2D eigenvalue weighted by Crippen LogP contribution is -2.35. The van der Waals surface area contributed by atoms with Gasteiger partial charge in [-0.3, -0.25) is 9.88 Å². The molecule has 2 aromatic carbocycles. The van der Waals surface area contributed by atoms with Crippen molar-refractivity contribution < 1.29 is 24.1 Å². The lowest BCUT2D eigenvalue weighted by Gasteiger charge is -2.33. The molecule has 7 rings (SSSR count). The number of ether oxygens (including phenoxy) is 3. The fraction of sp³-hybridized carbons (Fsp3) is 0.387. The number of rotatable bonds is 7. The summed E-state index contributed by atoms with van der Waals surface area (Å²) in [6, 6.07) is 14.9. The van der Waals surface area contributed by atoms with Crippen molar-refractivity contribution in [1.82, 2.24) is 19.4 Å². The molecule has 0 aliphatic carbocycles. The van der Waals surface area contributed by atoms with Crippen LogP contribution in [0.15, 0.2) is 54.7 Å². The maximum absolute atomic E-state index is 11.6. The first-order valence-electron chi connectivity index (χ1n) is 14.1. The van der Waals surface area contributed by atoms with E-state index in [1.807, 2.05) is 25.1 Å². The summed E-state index contributed by atoms with van der Waals surface area (Å²) >= 11 is 6.04. The summed E-state index contributed by atoms with van der Waals surface area (Å²) in [7, 11) is 0. The minimum absolute atomic E-state index is 0.140. The van der Waals surface area contributed by atoms with Crippen LogP contribution in [0.1, 0.15) is 59.5 Å². The summed E-state index contributed by atoms with van der Waals surface area (Å²) in [6.45, 7) is 5.86. The Kier molecular flexibility index (Phi) is 6.60. The summed E-state index contributed by atoms with van der Waals surface area (Å²) in [5, 5.41) is 10.1. The van der Waals surface area contributed by atoms with Crippen LogP contribution in [0, 0.1) is 0 Å². The number of pyridine rings is 1. The Morgan fingerprint density at radius 1 is 1.12 bits per heavy atom. The number of carbonyl (C=O) groups is 1. The molecule has 0 unspecified atom stereocenters. The van der Waals surface area contributed by atoms with Crippen LogP contribution in [0.3, 0.4) is 0 Å². The van der Waals surface area contributed by atoms with Crippen molar-refractivity contribution in [3.05, 3.63) is 82.4 Å². The van der Waals surface area contributed by atoms with E-state index in [1.54, 1.807) is 30.5 Å². The van der Waals surface area contributed by atoms with Gasteiger partial charge >= 0.3 is 5.97 Å². The molecular formula is C31H31ClN4O5. The van der Waals surface area contributed by atoms with Crippen molar-refractivity contribution in [2.24, 2.45) is 0 Å². The lowest BCUT2D eigenvalue weighted by molar-refractivity contribution is -0.0722. The van der Waals surface area contributed by atoms with Gasteiger partial charge in [0, 0.05) is 25.3 Å². The van der Waals surface area contributed by atoms with Gasteiger partial charge < -0.3 is 23.9 Å². The number of benzene rings is 2. The number of para-hydroxylation sites is 1. The molecule has 0 saturated carbocycles. The first kappa shape index (κ1) is 26.3. The second kappa shape index (κ2) is 10.3. The number of carboxylic acid groups (broad SMARTS) is 1. The molecule has 1 N–H and O–H groups in total. The van der Waals surface area contributed by atoms with Gasteiger partial charge in [-0.1, -0.05) is 23.7 Å². The Labute approximate surface area is 242 Å². The molecule has 41 heavy (non-hydrogen) atoms. The second-order valence-corrected chi connectivity index (χ2v) is 11.6. The van der Waals surface area contributed by atoms with Crippen molar-refractivity contribution in [3.63, 3.8) is 0 Å². The number of piperidine rings is 1. The van der Waals surface area contributed by atoms with Gasteiger partial charge in [0.25, 0.3) is 5.79 Å². The van der Waals surface area contributed by atoms with Gasteiger partial charge in [-0.05, 0) is 74.7 Å². The number of hydrogen-bond acceptors (Lipinski definition) is 7. The quantitative estimate of drug-likeness (QED) is 0.305. The van der Waals surface area contributed by atoms with Crippen molar-refractivity contribution in [2.45, 2.75) is 57.1 Å². The topological polar surface area (TPSA) is 98.9 Å². The van der Waals surface area contributed by atoms with Crippen LogP contribution in [-0.2, 0) is 23.6 Å².